The van der Waals surface area contributed by atoms with Crippen LogP contribution in [0.5, 0.6) is 0 Å². The quantitative estimate of drug-likeness (QED) is 0.499. The molecule has 3 heteroatoms. The topological polar surface area (TPSA) is 17.1 Å². The molecule has 0 aromatic carbocycles. The molecule has 0 spiro atoms. The molecule has 53 valence electrons. The maximum Gasteiger partial charge on any atom is 0.666 e. The molecular weight excluding hydrogens is 130 g/mol. The van der Waals surface area contributed by atoms with Crippen LogP contribution < -0.4 is 0 Å². The zero-order chi connectivity index (χ0) is 7.71. The first-order valence-corrected chi connectivity index (χ1v) is 3.90. The van der Waals surface area contributed by atoms with Crippen molar-refractivity contribution in [3.05, 3.63) is 0 Å². The van der Waals surface area contributed by atoms with Crippen LogP contribution in [0.2, 0.25) is 0 Å². The SMILES string of the molecule is CC(C)(C)[N+](C)(C)[Si]=O. The number of nitrogens with zero attached hydrogens (tertiary/aromatic N) is 1. The number of quaternary nitrogens is 1. The molecule has 0 saturated heterocycles. The van der Waals surface area contributed by atoms with Gasteiger partial charge in [0, 0.05) is 0 Å². The smallest absolute Gasteiger partial charge is 0.322 e. The Kier molecular flexibility index (Phi) is 2.30. The second kappa shape index (κ2) is 2.31. The van der Waals surface area contributed by atoms with E-state index >= 15 is 0 Å². The summed E-state index contributed by atoms with van der Waals surface area (Å²) in [5.74, 6) is 0. The Balaban J connectivity index is 4.32. The minimum absolute atomic E-state index is 0.0835. The van der Waals surface area contributed by atoms with E-state index in [2.05, 4.69) is 20.8 Å². The molecule has 0 bridgehead atoms. The molecule has 0 aliphatic heterocycles. The lowest BCUT2D eigenvalue weighted by Gasteiger charge is -2.36. The van der Waals surface area contributed by atoms with E-state index in [1.165, 1.54) is 0 Å². The summed E-state index contributed by atoms with van der Waals surface area (Å²) in [5.41, 5.74) is 0.0835. The van der Waals surface area contributed by atoms with Crippen LogP contribution in [0.4, 0.5) is 0 Å². The van der Waals surface area contributed by atoms with Gasteiger partial charge in [0.25, 0.3) is 0 Å². The summed E-state index contributed by atoms with van der Waals surface area (Å²) in [6.45, 7) is 6.24. The van der Waals surface area contributed by atoms with Gasteiger partial charge in [0.05, 0.1) is 19.6 Å². The van der Waals surface area contributed by atoms with Crippen LogP contribution in [0.25, 0.3) is 0 Å². The second-order valence-electron chi connectivity index (χ2n) is 3.72. The molecule has 0 saturated carbocycles. The third kappa shape index (κ3) is 1.99. The average molecular weight is 145 g/mol. The fourth-order valence-corrected chi connectivity index (χ4v) is 0.411. The molecule has 0 aliphatic rings. The van der Waals surface area contributed by atoms with Crippen molar-refractivity contribution in [3.8, 4) is 0 Å². The Hall–Kier alpha value is -0.0231. The van der Waals surface area contributed by atoms with Gasteiger partial charge in [-0.15, -0.1) is 0 Å². The van der Waals surface area contributed by atoms with E-state index in [1.807, 2.05) is 14.1 Å². The molecule has 0 rings (SSSR count). The fourth-order valence-electron chi connectivity index (χ4n) is 0.137. The molecule has 0 aliphatic carbocycles. The van der Waals surface area contributed by atoms with Crippen molar-refractivity contribution in [1.29, 1.82) is 0 Å². The highest BCUT2D eigenvalue weighted by molar-refractivity contribution is 6.06. The highest BCUT2D eigenvalue weighted by atomic mass is 28.2. The molecule has 0 amide bonds. The molecule has 0 atom stereocenters. The summed E-state index contributed by atoms with van der Waals surface area (Å²) in [6, 6.07) is 0. The molecule has 9 heavy (non-hydrogen) atoms. The van der Waals surface area contributed by atoms with Gasteiger partial charge in [0.15, 0.2) is 0 Å². The molecule has 0 fully saturated rings. The van der Waals surface area contributed by atoms with Crippen molar-refractivity contribution >= 4 is 9.57 Å². The van der Waals surface area contributed by atoms with E-state index in [9.17, 15) is 4.46 Å². The van der Waals surface area contributed by atoms with Gasteiger partial charge in [-0.05, 0) is 20.8 Å². The summed E-state index contributed by atoms with van der Waals surface area (Å²) < 4.78 is 11.2. The lowest BCUT2D eigenvalue weighted by Crippen LogP contribution is -2.53. The van der Waals surface area contributed by atoms with E-state index in [0.29, 0.717) is 4.15 Å². The van der Waals surface area contributed by atoms with Gasteiger partial charge in [-0.3, -0.25) is 4.46 Å². The van der Waals surface area contributed by atoms with E-state index in [-0.39, 0.29) is 15.1 Å². The molecule has 2 nitrogen and oxygen atoms in total. The van der Waals surface area contributed by atoms with Crippen molar-refractivity contribution in [2.24, 2.45) is 0 Å². The maximum atomic E-state index is 10.6. The highest BCUT2D eigenvalue weighted by Gasteiger charge is 2.32. The zero-order valence-corrected chi connectivity index (χ0v) is 7.86. The summed E-state index contributed by atoms with van der Waals surface area (Å²) in [4.78, 5) is 0. The molecule has 0 aromatic rings. The predicted octanol–water partition coefficient (Wildman–Crippen LogP) is 0.826. The van der Waals surface area contributed by atoms with Crippen LogP contribution >= 0.6 is 0 Å². The van der Waals surface area contributed by atoms with Crippen molar-refractivity contribution in [3.63, 3.8) is 0 Å². The average Bonchev–Trinajstić information content (AvgIpc) is 1.64. The minimum Gasteiger partial charge on any atom is -0.322 e. The van der Waals surface area contributed by atoms with Crippen LogP contribution in [-0.2, 0) is 4.46 Å². The van der Waals surface area contributed by atoms with Gasteiger partial charge in [0.1, 0.15) is 0 Å². The highest BCUT2D eigenvalue weighted by Crippen LogP contribution is 2.14. The fraction of sp³-hybridized carbons (Fsp3) is 1.00. The molecule has 0 heterocycles. The first kappa shape index (κ1) is 8.98. The van der Waals surface area contributed by atoms with Gasteiger partial charge < -0.3 is 4.15 Å². The van der Waals surface area contributed by atoms with Crippen LogP contribution in [0.15, 0.2) is 0 Å². The van der Waals surface area contributed by atoms with Crippen molar-refractivity contribution in [1.82, 2.24) is 0 Å². The third-order valence-electron chi connectivity index (χ3n) is 1.91. The van der Waals surface area contributed by atoms with Gasteiger partial charge in [0.2, 0.25) is 0 Å². The van der Waals surface area contributed by atoms with Crippen LogP contribution in [0.1, 0.15) is 20.8 Å². The second-order valence-corrected chi connectivity index (χ2v) is 5.02. The Morgan fingerprint density at radius 1 is 1.22 bits per heavy atom. The van der Waals surface area contributed by atoms with Crippen LogP contribution in [-0.4, -0.2) is 33.4 Å². The molecule has 1 radical (unpaired) electrons. The van der Waals surface area contributed by atoms with Gasteiger partial charge in [-0.2, -0.15) is 0 Å². The zero-order valence-electron chi connectivity index (χ0n) is 6.86. The first-order valence-electron chi connectivity index (χ1n) is 3.05. The number of hydrogen-bond acceptors (Lipinski definition) is 1. The van der Waals surface area contributed by atoms with E-state index in [0.717, 1.165) is 0 Å². The Labute approximate surface area is 59.4 Å². The number of hydrogen-bond donors (Lipinski definition) is 0. The standard InChI is InChI=1S/C6H15NOSi/c1-6(2,3)7(4,5)9-8/h1-5H3/q+1. The molecular formula is C6H15NOSi+. The van der Waals surface area contributed by atoms with E-state index in [4.69, 9.17) is 0 Å². The molecule has 0 unspecified atom stereocenters. The van der Waals surface area contributed by atoms with Gasteiger partial charge >= 0.3 is 9.57 Å². The molecule has 0 N–H and O–H groups in total. The largest absolute Gasteiger partial charge is 0.666 e. The van der Waals surface area contributed by atoms with Gasteiger partial charge in [-0.1, -0.05) is 0 Å². The van der Waals surface area contributed by atoms with Crippen molar-refractivity contribution in [2.75, 3.05) is 14.1 Å². The Morgan fingerprint density at radius 3 is 1.56 bits per heavy atom. The lowest BCUT2D eigenvalue weighted by molar-refractivity contribution is -0.832. The Bertz CT molecular complexity index is 115. The lowest BCUT2D eigenvalue weighted by atomic mass is 10.1. The van der Waals surface area contributed by atoms with Gasteiger partial charge in [-0.25, -0.2) is 0 Å². The summed E-state index contributed by atoms with van der Waals surface area (Å²) in [7, 11) is 3.65. The summed E-state index contributed by atoms with van der Waals surface area (Å²) in [5, 5.41) is 0. The van der Waals surface area contributed by atoms with Crippen molar-refractivity contribution < 1.29 is 8.61 Å². The summed E-state index contributed by atoms with van der Waals surface area (Å²) in [6.07, 6.45) is 0. The molecule has 0 aromatic heterocycles. The predicted molar refractivity (Wildman–Crippen MR) is 38.3 cm³/mol. The van der Waals surface area contributed by atoms with Crippen LogP contribution in [0, 0.1) is 0 Å². The maximum absolute atomic E-state index is 10.6. The van der Waals surface area contributed by atoms with E-state index in [1.54, 1.807) is 0 Å². The monoisotopic (exact) mass is 145 g/mol. The first-order chi connectivity index (χ1) is 3.81. The number of rotatable bonds is 1. The van der Waals surface area contributed by atoms with E-state index < -0.39 is 0 Å². The Morgan fingerprint density at radius 2 is 1.56 bits per heavy atom. The summed E-state index contributed by atoms with van der Waals surface area (Å²) >= 11 is 0. The normalized spacial score (nSPS) is 13.4. The van der Waals surface area contributed by atoms with Crippen LogP contribution in [0.3, 0.4) is 0 Å². The third-order valence-corrected chi connectivity index (χ3v) is 3.03. The van der Waals surface area contributed by atoms with Crippen molar-refractivity contribution in [2.45, 2.75) is 26.3 Å². The minimum atomic E-state index is -0.277.